The van der Waals surface area contributed by atoms with Crippen LogP contribution in [-0.2, 0) is 31.9 Å². The summed E-state index contributed by atoms with van der Waals surface area (Å²) < 4.78 is 6.43. The van der Waals surface area contributed by atoms with Crippen LogP contribution in [0.2, 0.25) is 19.6 Å². The maximum Gasteiger partial charge on any atom is 0.216 e. The van der Waals surface area contributed by atoms with Crippen molar-refractivity contribution in [1.82, 2.24) is 15.0 Å². The van der Waals surface area contributed by atoms with Gasteiger partial charge in [-0.2, -0.15) is 0 Å². The molecular formula is C48H53IrN3OSi-2. The van der Waals surface area contributed by atoms with Gasteiger partial charge in [-0.25, -0.2) is 4.98 Å². The quantitative estimate of drug-likeness (QED) is 0.123. The zero-order chi connectivity index (χ0) is 38.2. The van der Waals surface area contributed by atoms with E-state index in [-0.39, 0.29) is 25.5 Å². The standard InChI is InChI=1S/C30H29N2O.C18H24NSi.Ir/c1-17-14-19(3)26(20(4)15-17)24-11-10-23-27-18(2)8-9-22(28(27)33-29(23)32-24)25-16-21(12-13-31-25)30(5,6)7;1-14(2)11-16-12-17(15-9-7-6-8-10-15)19-13-18(16)20(3,4)5;/h8,10-16H,1-7H3;6-9,12-14H,11H2,1-5H3;/q2*-1;. The van der Waals surface area contributed by atoms with Gasteiger partial charge in [0.25, 0.3) is 0 Å². The molecule has 0 aliphatic carbocycles. The Morgan fingerprint density at radius 1 is 0.796 bits per heavy atom. The molecule has 0 atom stereocenters. The van der Waals surface area contributed by atoms with Crippen LogP contribution >= 0.6 is 0 Å². The molecule has 1 radical (unpaired) electrons. The molecule has 54 heavy (non-hydrogen) atoms. The molecule has 0 N–H and O–H groups in total. The van der Waals surface area contributed by atoms with Gasteiger partial charge in [-0.05, 0) is 90.0 Å². The monoisotopic (exact) mass is 908 g/mol. The van der Waals surface area contributed by atoms with Gasteiger partial charge in [-0.15, -0.1) is 53.6 Å². The first-order chi connectivity index (χ1) is 25.0. The minimum Gasteiger partial charge on any atom is -0.486 e. The summed E-state index contributed by atoms with van der Waals surface area (Å²) in [5, 5.41) is 3.60. The van der Waals surface area contributed by atoms with E-state index in [4.69, 9.17) is 9.40 Å². The summed E-state index contributed by atoms with van der Waals surface area (Å²) in [5.41, 5.74) is 15.0. The van der Waals surface area contributed by atoms with Crippen molar-refractivity contribution in [2.24, 2.45) is 5.92 Å². The van der Waals surface area contributed by atoms with Crippen LogP contribution in [0.15, 0.2) is 89.6 Å². The Hall–Kier alpha value is -4.22. The first-order valence-corrected chi connectivity index (χ1v) is 22.3. The molecule has 7 rings (SSSR count). The number of fused-ring (bicyclic) bond motifs is 3. The summed E-state index contributed by atoms with van der Waals surface area (Å²) in [6, 6.07) is 31.9. The van der Waals surface area contributed by atoms with E-state index in [1.54, 1.807) is 0 Å². The molecule has 0 saturated carbocycles. The summed E-state index contributed by atoms with van der Waals surface area (Å²) >= 11 is 0. The predicted molar refractivity (Wildman–Crippen MR) is 227 cm³/mol. The van der Waals surface area contributed by atoms with Crippen molar-refractivity contribution in [2.45, 2.75) is 93.8 Å². The number of aryl methyl sites for hydroxylation is 4. The molecule has 4 heterocycles. The van der Waals surface area contributed by atoms with Gasteiger partial charge in [0.1, 0.15) is 0 Å². The third-order valence-corrected chi connectivity index (χ3v) is 11.9. The Balaban J connectivity index is 0.000000230. The third kappa shape index (κ3) is 8.83. The van der Waals surface area contributed by atoms with Crippen LogP contribution in [0.4, 0.5) is 0 Å². The largest absolute Gasteiger partial charge is 0.486 e. The third-order valence-electron chi connectivity index (χ3n) is 9.84. The Morgan fingerprint density at radius 3 is 2.15 bits per heavy atom. The number of aromatic nitrogens is 3. The van der Waals surface area contributed by atoms with Gasteiger partial charge >= 0.3 is 0 Å². The van der Waals surface area contributed by atoms with Crippen LogP contribution < -0.4 is 5.19 Å². The number of furan rings is 1. The van der Waals surface area contributed by atoms with Crippen LogP contribution in [0.1, 0.15) is 68.0 Å². The molecule has 0 unspecified atom stereocenters. The summed E-state index contributed by atoms with van der Waals surface area (Å²) in [6.07, 6.45) is 5.11. The molecule has 7 aromatic rings. The van der Waals surface area contributed by atoms with E-state index in [1.807, 2.05) is 30.5 Å². The van der Waals surface area contributed by atoms with Gasteiger partial charge in [0.15, 0.2) is 0 Å². The molecule has 0 aliphatic rings. The second kappa shape index (κ2) is 16.2. The minimum absolute atomic E-state index is 0. The average Bonchev–Trinajstić information content (AvgIpc) is 3.47. The Kier molecular flexibility index (Phi) is 12.3. The van der Waals surface area contributed by atoms with Crippen molar-refractivity contribution < 1.29 is 24.5 Å². The van der Waals surface area contributed by atoms with Crippen LogP contribution in [0.5, 0.6) is 0 Å². The van der Waals surface area contributed by atoms with Crippen molar-refractivity contribution in [1.29, 1.82) is 0 Å². The van der Waals surface area contributed by atoms with Gasteiger partial charge < -0.3 is 14.4 Å². The number of benzene rings is 3. The van der Waals surface area contributed by atoms with E-state index in [0.29, 0.717) is 11.6 Å². The van der Waals surface area contributed by atoms with E-state index >= 15 is 0 Å². The van der Waals surface area contributed by atoms with Gasteiger partial charge in [0.05, 0.1) is 19.4 Å². The number of rotatable bonds is 6. The fourth-order valence-corrected chi connectivity index (χ4v) is 8.88. The van der Waals surface area contributed by atoms with E-state index in [1.165, 1.54) is 38.6 Å². The molecule has 6 heteroatoms. The zero-order valence-electron chi connectivity index (χ0n) is 34.0. The van der Waals surface area contributed by atoms with Crippen molar-refractivity contribution in [3.05, 3.63) is 131 Å². The Labute approximate surface area is 337 Å². The molecule has 0 saturated heterocycles. The van der Waals surface area contributed by atoms with Gasteiger partial charge in [0.2, 0.25) is 5.71 Å². The molecule has 3 aromatic carbocycles. The number of hydrogen-bond acceptors (Lipinski definition) is 4. The number of hydrogen-bond donors (Lipinski definition) is 0. The molecule has 281 valence electrons. The zero-order valence-corrected chi connectivity index (χ0v) is 37.3. The average molecular weight is 908 g/mol. The summed E-state index contributed by atoms with van der Waals surface area (Å²) in [5.74, 6) is 0.667. The van der Waals surface area contributed by atoms with Crippen molar-refractivity contribution >= 4 is 35.3 Å². The van der Waals surface area contributed by atoms with Gasteiger partial charge in [-0.3, -0.25) is 0 Å². The normalized spacial score (nSPS) is 11.8. The van der Waals surface area contributed by atoms with Crippen LogP contribution in [0, 0.1) is 45.7 Å². The topological polar surface area (TPSA) is 51.8 Å². The summed E-state index contributed by atoms with van der Waals surface area (Å²) in [6.45, 7) is 26.9. The molecule has 0 bridgehead atoms. The fourth-order valence-electron chi connectivity index (χ4n) is 7.29. The molecule has 4 aromatic heterocycles. The molecule has 4 nitrogen and oxygen atoms in total. The fraction of sp³-hybridized carbons (Fsp3) is 0.312. The smallest absolute Gasteiger partial charge is 0.216 e. The molecular weight excluding hydrogens is 855 g/mol. The maximum absolute atomic E-state index is 6.43. The first kappa shape index (κ1) is 41.0. The SMILES string of the molecule is CC(C)Cc1cc(-c2[c-]cccc2)ncc1[Si](C)(C)C.Cc1cc(C)c(-c2ccc3c(n2)oc2c(-c4cc(C(C)(C)C)ccn4)[c-]cc(C)c23)c(C)c1.[Ir]. The Morgan fingerprint density at radius 2 is 1.52 bits per heavy atom. The molecule has 0 amide bonds. The first-order valence-electron chi connectivity index (χ1n) is 18.8. The molecule has 0 spiro atoms. The van der Waals surface area contributed by atoms with E-state index in [0.717, 1.165) is 56.5 Å². The van der Waals surface area contributed by atoms with Gasteiger partial charge in [0, 0.05) is 43.4 Å². The maximum atomic E-state index is 6.43. The second-order valence-electron chi connectivity index (χ2n) is 17.0. The summed E-state index contributed by atoms with van der Waals surface area (Å²) in [4.78, 5) is 14.3. The number of nitrogens with zero attached hydrogens (tertiary/aromatic N) is 3. The van der Waals surface area contributed by atoms with Crippen molar-refractivity contribution in [3.8, 4) is 33.8 Å². The predicted octanol–water partition coefficient (Wildman–Crippen LogP) is 12.3. The van der Waals surface area contributed by atoms with Crippen molar-refractivity contribution in [2.75, 3.05) is 0 Å². The van der Waals surface area contributed by atoms with E-state index < -0.39 is 8.07 Å². The van der Waals surface area contributed by atoms with Crippen LogP contribution in [-0.4, -0.2) is 23.0 Å². The second-order valence-corrected chi connectivity index (χ2v) is 22.0. The van der Waals surface area contributed by atoms with E-state index in [2.05, 4.69) is 159 Å². The van der Waals surface area contributed by atoms with Crippen LogP contribution in [0.25, 0.3) is 55.8 Å². The summed E-state index contributed by atoms with van der Waals surface area (Å²) in [7, 11) is -1.34. The van der Waals surface area contributed by atoms with E-state index in [9.17, 15) is 0 Å². The minimum atomic E-state index is -1.34. The molecule has 0 aliphatic heterocycles. The van der Waals surface area contributed by atoms with Crippen molar-refractivity contribution in [3.63, 3.8) is 0 Å². The Bertz CT molecular complexity index is 2390. The number of pyridine rings is 3. The molecule has 0 fully saturated rings. The van der Waals surface area contributed by atoms with Crippen LogP contribution in [0.3, 0.4) is 0 Å². The van der Waals surface area contributed by atoms with Gasteiger partial charge in [-0.1, -0.05) is 108 Å².